The third-order valence-electron chi connectivity index (χ3n) is 5.39. The van der Waals surface area contributed by atoms with Crippen LogP contribution in [0.3, 0.4) is 0 Å². The predicted octanol–water partition coefficient (Wildman–Crippen LogP) is 4.14. The summed E-state index contributed by atoms with van der Waals surface area (Å²) in [4.78, 5) is 25.0. The summed E-state index contributed by atoms with van der Waals surface area (Å²) in [5.74, 6) is 1.54. The number of aromatic nitrogens is 3. The second-order valence-electron chi connectivity index (χ2n) is 7.81. The Hall–Kier alpha value is -2.33. The molecule has 1 saturated heterocycles. The van der Waals surface area contributed by atoms with E-state index in [-0.39, 0.29) is 22.4 Å². The largest absolute Gasteiger partial charge is 0.341 e. The molecule has 0 atom stereocenters. The molecule has 1 amide bonds. The maximum Gasteiger partial charge on any atom is 0.271 e. The SMILES string of the molecule is CC1CCN(c2nnc(SCC(=O)Nc3ccc([N+](=O)[O-])cc3Cl)n2C2CC2)CC1. The van der Waals surface area contributed by atoms with Crippen LogP contribution in [0.25, 0.3) is 0 Å². The minimum atomic E-state index is -0.529. The Labute approximate surface area is 183 Å². The molecule has 1 aromatic carbocycles. The highest BCUT2D eigenvalue weighted by atomic mass is 35.5. The number of non-ortho nitro benzene ring substituents is 1. The van der Waals surface area contributed by atoms with E-state index in [2.05, 4.69) is 31.9 Å². The van der Waals surface area contributed by atoms with Crippen molar-refractivity contribution >= 4 is 46.6 Å². The fourth-order valence-corrected chi connectivity index (χ4v) is 4.50. The van der Waals surface area contributed by atoms with Gasteiger partial charge in [0.2, 0.25) is 11.9 Å². The number of nitrogens with zero attached hydrogens (tertiary/aromatic N) is 5. The summed E-state index contributed by atoms with van der Waals surface area (Å²) in [7, 11) is 0. The highest BCUT2D eigenvalue weighted by Gasteiger charge is 2.32. The fourth-order valence-electron chi connectivity index (χ4n) is 3.48. The lowest BCUT2D eigenvalue weighted by Crippen LogP contribution is -2.34. The third-order valence-corrected chi connectivity index (χ3v) is 6.65. The zero-order chi connectivity index (χ0) is 21.3. The van der Waals surface area contributed by atoms with Gasteiger partial charge in [-0.2, -0.15) is 0 Å². The van der Waals surface area contributed by atoms with E-state index in [1.165, 1.54) is 30.0 Å². The van der Waals surface area contributed by atoms with Gasteiger partial charge in [0.05, 0.1) is 21.4 Å². The van der Waals surface area contributed by atoms with Gasteiger partial charge in [-0.15, -0.1) is 10.2 Å². The molecule has 2 aliphatic rings. The van der Waals surface area contributed by atoms with Gasteiger partial charge in [-0.3, -0.25) is 19.5 Å². The number of carbonyl (C=O) groups is 1. The van der Waals surface area contributed by atoms with Gasteiger partial charge in [-0.05, 0) is 37.7 Å². The standard InChI is InChI=1S/C19H23ClN6O3S/c1-12-6-8-24(9-7-12)18-22-23-19(25(18)13-2-3-13)30-11-17(27)21-16-5-4-14(26(28)29)10-15(16)20/h4-5,10,12-13H,2-3,6-9,11H2,1H3,(H,21,27). The van der Waals surface area contributed by atoms with E-state index in [1.807, 2.05) is 0 Å². The van der Waals surface area contributed by atoms with Gasteiger partial charge >= 0.3 is 0 Å². The molecule has 0 radical (unpaired) electrons. The average Bonchev–Trinajstić information content (AvgIpc) is 3.47. The first-order valence-electron chi connectivity index (χ1n) is 9.99. The van der Waals surface area contributed by atoms with Crippen LogP contribution in [-0.2, 0) is 4.79 Å². The van der Waals surface area contributed by atoms with Crippen molar-refractivity contribution in [1.82, 2.24) is 14.8 Å². The number of piperidine rings is 1. The van der Waals surface area contributed by atoms with Crippen LogP contribution in [-0.4, -0.2) is 44.4 Å². The van der Waals surface area contributed by atoms with Crippen LogP contribution in [0.1, 0.15) is 38.6 Å². The Morgan fingerprint density at radius 3 is 2.67 bits per heavy atom. The molecule has 1 aliphatic heterocycles. The van der Waals surface area contributed by atoms with Crippen LogP contribution in [0.5, 0.6) is 0 Å². The first-order valence-corrected chi connectivity index (χ1v) is 11.3. The van der Waals surface area contributed by atoms with E-state index in [9.17, 15) is 14.9 Å². The molecule has 0 unspecified atom stereocenters. The first-order chi connectivity index (χ1) is 14.4. The van der Waals surface area contributed by atoms with Gasteiger partial charge in [0.15, 0.2) is 5.16 Å². The van der Waals surface area contributed by atoms with Crippen molar-refractivity contribution < 1.29 is 9.72 Å². The van der Waals surface area contributed by atoms with Crippen LogP contribution in [0.15, 0.2) is 23.4 Å². The number of amides is 1. The molecule has 4 rings (SSSR count). The highest BCUT2D eigenvalue weighted by molar-refractivity contribution is 7.99. The normalized spacial score (nSPS) is 17.2. The number of anilines is 2. The summed E-state index contributed by atoms with van der Waals surface area (Å²) < 4.78 is 2.17. The van der Waals surface area contributed by atoms with Crippen molar-refractivity contribution in [2.45, 2.75) is 43.8 Å². The van der Waals surface area contributed by atoms with Gasteiger partial charge in [0, 0.05) is 31.3 Å². The second-order valence-corrected chi connectivity index (χ2v) is 9.16. The quantitative estimate of drug-likeness (QED) is 0.383. The van der Waals surface area contributed by atoms with E-state index in [0.717, 1.165) is 55.8 Å². The minimum Gasteiger partial charge on any atom is -0.341 e. The average molecular weight is 451 g/mol. The number of hydrogen-bond donors (Lipinski definition) is 1. The first kappa shape index (κ1) is 20.9. The number of nitro benzene ring substituents is 1. The van der Waals surface area contributed by atoms with Gasteiger partial charge in [0.1, 0.15) is 0 Å². The molecular formula is C19H23ClN6O3S. The Bertz CT molecular complexity index is 956. The summed E-state index contributed by atoms with van der Waals surface area (Å²) in [6, 6.07) is 4.37. The Balaban J connectivity index is 1.40. The summed E-state index contributed by atoms with van der Waals surface area (Å²) in [5.41, 5.74) is 0.226. The number of thioether (sulfide) groups is 1. The summed E-state index contributed by atoms with van der Waals surface area (Å²) in [6.07, 6.45) is 4.51. The lowest BCUT2D eigenvalue weighted by molar-refractivity contribution is -0.384. The molecule has 30 heavy (non-hydrogen) atoms. The molecule has 2 aromatic rings. The Morgan fingerprint density at radius 1 is 1.30 bits per heavy atom. The maximum atomic E-state index is 12.4. The molecule has 1 aliphatic carbocycles. The predicted molar refractivity (Wildman–Crippen MR) is 116 cm³/mol. The molecule has 2 heterocycles. The third kappa shape index (κ3) is 4.70. The van der Waals surface area contributed by atoms with Crippen molar-refractivity contribution in [3.8, 4) is 0 Å². The molecule has 1 aromatic heterocycles. The number of hydrogen-bond acceptors (Lipinski definition) is 7. The number of nitrogens with one attached hydrogen (secondary N) is 1. The molecule has 11 heteroatoms. The van der Waals surface area contributed by atoms with Crippen molar-refractivity contribution in [2.75, 3.05) is 29.1 Å². The topological polar surface area (TPSA) is 106 Å². The second kappa shape index (κ2) is 8.81. The molecule has 9 nitrogen and oxygen atoms in total. The molecule has 0 spiro atoms. The molecule has 0 bridgehead atoms. The molecule has 2 fully saturated rings. The Morgan fingerprint density at radius 2 is 2.03 bits per heavy atom. The summed E-state index contributed by atoms with van der Waals surface area (Å²) in [6.45, 7) is 4.24. The fraction of sp³-hybridized carbons (Fsp3) is 0.526. The lowest BCUT2D eigenvalue weighted by atomic mass is 10.00. The number of nitro groups is 1. The van der Waals surface area contributed by atoms with Crippen molar-refractivity contribution in [3.63, 3.8) is 0 Å². The van der Waals surface area contributed by atoms with Crippen LogP contribution >= 0.6 is 23.4 Å². The molecule has 1 N–H and O–H groups in total. The lowest BCUT2D eigenvalue weighted by Gasteiger charge is -2.31. The van der Waals surface area contributed by atoms with E-state index in [4.69, 9.17) is 11.6 Å². The number of benzene rings is 1. The van der Waals surface area contributed by atoms with Gasteiger partial charge in [-0.1, -0.05) is 30.3 Å². The highest BCUT2D eigenvalue weighted by Crippen LogP contribution is 2.41. The van der Waals surface area contributed by atoms with E-state index in [1.54, 1.807) is 0 Å². The Kier molecular flexibility index (Phi) is 6.14. The van der Waals surface area contributed by atoms with E-state index in [0.29, 0.717) is 11.7 Å². The van der Waals surface area contributed by atoms with E-state index < -0.39 is 4.92 Å². The maximum absolute atomic E-state index is 12.4. The number of rotatable bonds is 7. The van der Waals surface area contributed by atoms with Gasteiger partial charge in [-0.25, -0.2) is 0 Å². The zero-order valence-corrected chi connectivity index (χ0v) is 18.2. The van der Waals surface area contributed by atoms with Crippen LogP contribution in [0.4, 0.5) is 17.3 Å². The van der Waals surface area contributed by atoms with Crippen molar-refractivity contribution in [1.29, 1.82) is 0 Å². The van der Waals surface area contributed by atoms with Crippen LogP contribution < -0.4 is 10.2 Å². The molecule has 160 valence electrons. The number of halogens is 1. The van der Waals surface area contributed by atoms with Crippen LogP contribution in [0.2, 0.25) is 5.02 Å². The molecular weight excluding hydrogens is 428 g/mol. The smallest absolute Gasteiger partial charge is 0.271 e. The summed E-state index contributed by atoms with van der Waals surface area (Å²) in [5, 5.41) is 23.2. The van der Waals surface area contributed by atoms with Crippen LogP contribution in [0, 0.1) is 16.0 Å². The van der Waals surface area contributed by atoms with Crippen molar-refractivity contribution in [2.24, 2.45) is 5.92 Å². The van der Waals surface area contributed by atoms with Crippen molar-refractivity contribution in [3.05, 3.63) is 33.3 Å². The zero-order valence-electron chi connectivity index (χ0n) is 16.6. The molecule has 1 saturated carbocycles. The summed E-state index contributed by atoms with van der Waals surface area (Å²) >= 11 is 7.39. The minimum absolute atomic E-state index is 0.121. The van der Waals surface area contributed by atoms with Gasteiger partial charge < -0.3 is 10.2 Å². The van der Waals surface area contributed by atoms with Gasteiger partial charge in [0.25, 0.3) is 5.69 Å². The van der Waals surface area contributed by atoms with E-state index >= 15 is 0 Å². The monoisotopic (exact) mass is 450 g/mol. The number of carbonyl (C=O) groups excluding carboxylic acids is 1.